The third-order valence-corrected chi connectivity index (χ3v) is 6.18. The minimum atomic E-state index is -3.67. The number of likely N-dealkylation sites (tertiary alicyclic amines) is 1. The number of hydrogen-bond acceptors (Lipinski definition) is 4. The summed E-state index contributed by atoms with van der Waals surface area (Å²) in [5.41, 5.74) is 0.303. The Morgan fingerprint density at radius 2 is 1.84 bits per heavy atom. The summed E-state index contributed by atoms with van der Waals surface area (Å²) in [6, 6.07) is 4.35. The summed E-state index contributed by atoms with van der Waals surface area (Å²) in [4.78, 5) is 14.7. The molecule has 1 aliphatic heterocycles. The number of sulfonamides is 1. The Kier molecular flexibility index (Phi) is 6.84. The minimum absolute atomic E-state index is 0.0977. The number of nitrogens with zero attached hydrogens (tertiary/aromatic N) is 1. The lowest BCUT2D eigenvalue weighted by Crippen LogP contribution is -2.36. The molecular formula is C18H28N2O4S. The van der Waals surface area contributed by atoms with Gasteiger partial charge in [0.2, 0.25) is 10.0 Å². The standard InChI is InChI=1S/C18H28N2O4S/c1-4-14(5-2)19-25(22,23)15-9-10-17(24-3)16(13-15)18(21)20-11-7-6-8-12-20/h9-10,13-14,19H,4-8,11-12H2,1-3H3. The van der Waals surface area contributed by atoms with Crippen LogP contribution in [0.15, 0.2) is 23.1 Å². The van der Waals surface area contributed by atoms with E-state index in [2.05, 4.69) is 4.72 Å². The van der Waals surface area contributed by atoms with Gasteiger partial charge in [0.05, 0.1) is 17.6 Å². The molecule has 1 fully saturated rings. The number of hydrogen-bond donors (Lipinski definition) is 1. The zero-order valence-electron chi connectivity index (χ0n) is 15.2. The lowest BCUT2D eigenvalue weighted by molar-refractivity contribution is 0.0720. The van der Waals surface area contributed by atoms with Crippen LogP contribution in [0.5, 0.6) is 5.75 Å². The number of ether oxygens (including phenoxy) is 1. The fourth-order valence-electron chi connectivity index (χ4n) is 3.03. The minimum Gasteiger partial charge on any atom is -0.496 e. The van der Waals surface area contributed by atoms with Crippen LogP contribution in [0.25, 0.3) is 0 Å². The van der Waals surface area contributed by atoms with E-state index in [0.717, 1.165) is 19.3 Å². The topological polar surface area (TPSA) is 75.7 Å². The van der Waals surface area contributed by atoms with Crippen molar-refractivity contribution in [3.8, 4) is 5.75 Å². The summed E-state index contributed by atoms with van der Waals surface area (Å²) < 4.78 is 33.3. The van der Waals surface area contributed by atoms with Gasteiger partial charge in [0, 0.05) is 19.1 Å². The van der Waals surface area contributed by atoms with Gasteiger partial charge in [-0.15, -0.1) is 0 Å². The molecule has 6 nitrogen and oxygen atoms in total. The van der Waals surface area contributed by atoms with Crippen molar-refractivity contribution in [1.29, 1.82) is 0 Å². The predicted octanol–water partition coefficient (Wildman–Crippen LogP) is 2.79. The third kappa shape index (κ3) is 4.73. The van der Waals surface area contributed by atoms with E-state index in [4.69, 9.17) is 4.74 Å². The molecule has 2 rings (SSSR count). The molecule has 1 amide bonds. The van der Waals surface area contributed by atoms with Crippen LogP contribution in [-0.4, -0.2) is 45.5 Å². The molecule has 1 aliphatic rings. The lowest BCUT2D eigenvalue weighted by Gasteiger charge is -2.27. The molecule has 7 heteroatoms. The Morgan fingerprint density at radius 1 is 1.20 bits per heavy atom. The van der Waals surface area contributed by atoms with Gasteiger partial charge in [-0.25, -0.2) is 13.1 Å². The van der Waals surface area contributed by atoms with Crippen LogP contribution >= 0.6 is 0 Å². The Labute approximate surface area is 150 Å². The van der Waals surface area contributed by atoms with E-state index in [1.165, 1.54) is 19.2 Å². The fraction of sp³-hybridized carbons (Fsp3) is 0.611. The number of nitrogens with one attached hydrogen (secondary N) is 1. The second kappa shape index (κ2) is 8.67. The maximum atomic E-state index is 12.8. The molecule has 0 saturated carbocycles. The molecular weight excluding hydrogens is 340 g/mol. The Bertz CT molecular complexity index is 693. The SMILES string of the molecule is CCC(CC)NS(=O)(=O)c1ccc(OC)c(C(=O)N2CCCCC2)c1. The Balaban J connectivity index is 2.34. The number of carbonyl (C=O) groups excluding carboxylic acids is 1. The second-order valence-electron chi connectivity index (χ2n) is 6.35. The van der Waals surface area contributed by atoms with Crippen LogP contribution in [0.1, 0.15) is 56.3 Å². The first-order valence-electron chi connectivity index (χ1n) is 8.92. The van der Waals surface area contributed by atoms with Crippen LogP contribution < -0.4 is 9.46 Å². The number of methoxy groups -OCH3 is 1. The van der Waals surface area contributed by atoms with Gasteiger partial charge >= 0.3 is 0 Å². The van der Waals surface area contributed by atoms with Crippen LogP contribution in [0.4, 0.5) is 0 Å². The quantitative estimate of drug-likeness (QED) is 0.803. The van der Waals surface area contributed by atoms with Crippen LogP contribution in [0.3, 0.4) is 0 Å². The van der Waals surface area contributed by atoms with Gasteiger partial charge in [0.25, 0.3) is 5.91 Å². The van der Waals surface area contributed by atoms with Gasteiger partial charge in [-0.2, -0.15) is 0 Å². The van der Waals surface area contributed by atoms with E-state index in [1.807, 2.05) is 13.8 Å². The summed E-state index contributed by atoms with van der Waals surface area (Å²) in [6.07, 6.45) is 4.50. The van der Waals surface area contributed by atoms with Crippen molar-refractivity contribution < 1.29 is 17.9 Å². The molecule has 140 valence electrons. The second-order valence-corrected chi connectivity index (χ2v) is 8.06. The molecule has 1 heterocycles. The number of benzene rings is 1. The smallest absolute Gasteiger partial charge is 0.257 e. The van der Waals surface area contributed by atoms with Gasteiger partial charge in [-0.1, -0.05) is 13.8 Å². The summed E-state index contributed by atoms with van der Waals surface area (Å²) in [7, 11) is -2.19. The van der Waals surface area contributed by atoms with E-state index in [1.54, 1.807) is 11.0 Å². The number of carbonyl (C=O) groups is 1. The molecule has 0 atom stereocenters. The summed E-state index contributed by atoms with van der Waals surface area (Å²) >= 11 is 0. The van der Waals surface area contributed by atoms with Crippen molar-refractivity contribution in [2.45, 2.75) is 56.9 Å². The average molecular weight is 368 g/mol. The van der Waals surface area contributed by atoms with Crippen molar-refractivity contribution in [3.05, 3.63) is 23.8 Å². The van der Waals surface area contributed by atoms with Crippen molar-refractivity contribution in [3.63, 3.8) is 0 Å². The molecule has 0 radical (unpaired) electrons. The van der Waals surface area contributed by atoms with Crippen molar-refractivity contribution in [2.24, 2.45) is 0 Å². The molecule has 0 bridgehead atoms. The third-order valence-electron chi connectivity index (χ3n) is 4.66. The maximum Gasteiger partial charge on any atom is 0.257 e. The predicted molar refractivity (Wildman–Crippen MR) is 97.4 cm³/mol. The van der Waals surface area contributed by atoms with Crippen LogP contribution in [0, 0.1) is 0 Å². The van der Waals surface area contributed by atoms with Gasteiger partial charge in [-0.05, 0) is 50.3 Å². The summed E-state index contributed by atoms with van der Waals surface area (Å²) in [5.74, 6) is 0.230. The highest BCUT2D eigenvalue weighted by molar-refractivity contribution is 7.89. The molecule has 0 aromatic heterocycles. The number of amides is 1. The maximum absolute atomic E-state index is 12.8. The lowest BCUT2D eigenvalue weighted by atomic mass is 10.1. The van der Waals surface area contributed by atoms with E-state index in [-0.39, 0.29) is 16.8 Å². The molecule has 1 N–H and O–H groups in total. The number of piperidine rings is 1. The molecule has 0 unspecified atom stereocenters. The van der Waals surface area contributed by atoms with Crippen LogP contribution in [-0.2, 0) is 10.0 Å². The Hall–Kier alpha value is -1.60. The van der Waals surface area contributed by atoms with Gasteiger partial charge < -0.3 is 9.64 Å². The largest absolute Gasteiger partial charge is 0.496 e. The van der Waals surface area contributed by atoms with Gasteiger partial charge in [-0.3, -0.25) is 4.79 Å². The Morgan fingerprint density at radius 3 is 2.40 bits per heavy atom. The molecule has 25 heavy (non-hydrogen) atoms. The fourth-order valence-corrected chi connectivity index (χ4v) is 4.46. The average Bonchev–Trinajstić information content (AvgIpc) is 2.65. The van der Waals surface area contributed by atoms with E-state index < -0.39 is 10.0 Å². The first-order valence-corrected chi connectivity index (χ1v) is 10.4. The molecule has 1 saturated heterocycles. The number of rotatable bonds is 7. The normalized spacial score (nSPS) is 15.4. The highest BCUT2D eigenvalue weighted by atomic mass is 32.2. The van der Waals surface area contributed by atoms with Crippen molar-refractivity contribution in [1.82, 2.24) is 9.62 Å². The highest BCUT2D eigenvalue weighted by Gasteiger charge is 2.25. The molecule has 0 aliphatic carbocycles. The van der Waals surface area contributed by atoms with Crippen molar-refractivity contribution >= 4 is 15.9 Å². The molecule has 1 aromatic carbocycles. The monoisotopic (exact) mass is 368 g/mol. The molecule has 0 spiro atoms. The molecule has 1 aromatic rings. The van der Waals surface area contributed by atoms with E-state index >= 15 is 0 Å². The van der Waals surface area contributed by atoms with E-state index in [9.17, 15) is 13.2 Å². The first-order chi connectivity index (χ1) is 11.9. The summed E-state index contributed by atoms with van der Waals surface area (Å²) in [5, 5.41) is 0. The van der Waals surface area contributed by atoms with Crippen LogP contribution in [0.2, 0.25) is 0 Å². The highest BCUT2D eigenvalue weighted by Crippen LogP contribution is 2.25. The van der Waals surface area contributed by atoms with Gasteiger partial charge in [0.1, 0.15) is 5.75 Å². The van der Waals surface area contributed by atoms with Gasteiger partial charge in [0.15, 0.2) is 0 Å². The zero-order chi connectivity index (χ0) is 18.4. The first kappa shape index (κ1) is 19.7. The zero-order valence-corrected chi connectivity index (χ0v) is 16.1. The van der Waals surface area contributed by atoms with Crippen molar-refractivity contribution in [2.75, 3.05) is 20.2 Å². The summed E-state index contributed by atoms with van der Waals surface area (Å²) in [6.45, 7) is 5.28. The van der Waals surface area contributed by atoms with E-state index in [0.29, 0.717) is 37.2 Å².